The van der Waals surface area contributed by atoms with E-state index in [2.05, 4.69) is 10.3 Å². The third-order valence-corrected chi connectivity index (χ3v) is 4.91. The molecule has 0 saturated carbocycles. The van der Waals surface area contributed by atoms with Crippen molar-refractivity contribution in [2.24, 2.45) is 5.92 Å². The second-order valence-corrected chi connectivity index (χ2v) is 6.83. The summed E-state index contributed by atoms with van der Waals surface area (Å²) in [4.78, 5) is 16.6. The fourth-order valence-electron chi connectivity index (χ4n) is 2.21. The predicted molar refractivity (Wildman–Crippen MR) is 95.3 cm³/mol. The van der Waals surface area contributed by atoms with Crippen molar-refractivity contribution in [3.05, 3.63) is 46.4 Å². The maximum atomic E-state index is 12.5. The first kappa shape index (κ1) is 18.4. The first-order valence-electron chi connectivity index (χ1n) is 8.03. The van der Waals surface area contributed by atoms with E-state index >= 15 is 0 Å². The molecule has 1 aromatic carbocycles. The highest BCUT2D eigenvalue weighted by Gasteiger charge is 2.28. The Balaban J connectivity index is 2.01. The number of para-hydroxylation sites is 1. The van der Waals surface area contributed by atoms with Gasteiger partial charge in [-0.15, -0.1) is 11.3 Å². The van der Waals surface area contributed by atoms with Crippen LogP contribution in [0.3, 0.4) is 0 Å². The minimum Gasteiger partial charge on any atom is -0.486 e. The van der Waals surface area contributed by atoms with Gasteiger partial charge in [0.1, 0.15) is 12.4 Å². The molecule has 0 saturated heterocycles. The summed E-state index contributed by atoms with van der Waals surface area (Å²) >= 11 is 1.50. The number of benzene rings is 1. The molecule has 2 rings (SSSR count). The van der Waals surface area contributed by atoms with E-state index in [0.717, 1.165) is 12.1 Å². The normalized spacial score (nSPS) is 14.7. The molecule has 1 aromatic heterocycles. The van der Waals surface area contributed by atoms with Gasteiger partial charge in [-0.3, -0.25) is 4.79 Å². The largest absolute Gasteiger partial charge is 0.486 e. The van der Waals surface area contributed by atoms with Crippen LogP contribution in [0.4, 0.5) is 0 Å². The summed E-state index contributed by atoms with van der Waals surface area (Å²) in [6.45, 7) is 6.24. The molecule has 2 unspecified atom stereocenters. The number of amides is 1. The zero-order chi connectivity index (χ0) is 17.6. The van der Waals surface area contributed by atoms with E-state index in [9.17, 15) is 9.90 Å². The van der Waals surface area contributed by atoms with Crippen molar-refractivity contribution in [1.82, 2.24) is 10.3 Å². The molecule has 24 heavy (non-hydrogen) atoms. The van der Waals surface area contributed by atoms with Crippen molar-refractivity contribution >= 4 is 17.2 Å². The molecule has 6 heteroatoms. The molecule has 0 aliphatic heterocycles. The third-order valence-electron chi connectivity index (χ3n) is 4.27. The van der Waals surface area contributed by atoms with Crippen LogP contribution in [0.5, 0.6) is 5.75 Å². The summed E-state index contributed by atoms with van der Waals surface area (Å²) in [5.74, 6) is 0.340. The van der Waals surface area contributed by atoms with E-state index in [1.807, 2.05) is 25.3 Å². The number of carbonyl (C=O) groups is 1. The number of ether oxygens (including phenoxy) is 1. The Morgan fingerprint density at radius 2 is 2.21 bits per heavy atom. The van der Waals surface area contributed by atoms with Crippen LogP contribution in [0.2, 0.25) is 0 Å². The zero-order valence-corrected chi connectivity index (χ0v) is 15.1. The Kier molecular flexibility index (Phi) is 6.34. The lowest BCUT2D eigenvalue weighted by Gasteiger charge is -2.29. The lowest BCUT2D eigenvalue weighted by atomic mass is 9.88. The van der Waals surface area contributed by atoms with Crippen LogP contribution < -0.4 is 10.1 Å². The average Bonchev–Trinajstić information content (AvgIpc) is 3.11. The molecule has 130 valence electrons. The fourth-order valence-corrected chi connectivity index (χ4v) is 2.75. The van der Waals surface area contributed by atoms with E-state index in [0.29, 0.717) is 17.9 Å². The van der Waals surface area contributed by atoms with Gasteiger partial charge in [-0.05, 0) is 25.0 Å². The smallest absolute Gasteiger partial charge is 0.255 e. The predicted octanol–water partition coefficient (Wildman–Crippen LogP) is 3.25. The quantitative estimate of drug-likeness (QED) is 0.768. The molecule has 0 spiro atoms. The molecule has 0 bridgehead atoms. The molecule has 0 aliphatic carbocycles. The Bertz CT molecular complexity index is 656. The number of carbonyl (C=O) groups excluding carboxylic acids is 1. The van der Waals surface area contributed by atoms with Crippen LogP contribution in [0, 0.1) is 5.92 Å². The summed E-state index contributed by atoms with van der Waals surface area (Å²) < 4.78 is 5.72. The van der Waals surface area contributed by atoms with Gasteiger partial charge in [-0.25, -0.2) is 4.98 Å². The molecular weight excluding hydrogens is 324 g/mol. The number of nitrogens with one attached hydrogen (secondary N) is 1. The summed E-state index contributed by atoms with van der Waals surface area (Å²) in [6, 6.07) is 7.08. The number of thiazole rings is 1. The summed E-state index contributed by atoms with van der Waals surface area (Å²) in [5.41, 5.74) is 2.08. The van der Waals surface area contributed by atoms with E-state index in [4.69, 9.17) is 4.74 Å². The zero-order valence-electron chi connectivity index (χ0n) is 14.3. The minimum absolute atomic E-state index is 0.0916. The van der Waals surface area contributed by atoms with Crippen molar-refractivity contribution in [3.8, 4) is 5.75 Å². The van der Waals surface area contributed by atoms with E-state index in [1.54, 1.807) is 30.6 Å². The van der Waals surface area contributed by atoms with Crippen molar-refractivity contribution in [2.75, 3.05) is 6.54 Å². The molecule has 2 atom stereocenters. The molecule has 1 heterocycles. The molecule has 1 amide bonds. The van der Waals surface area contributed by atoms with Crippen molar-refractivity contribution < 1.29 is 14.6 Å². The van der Waals surface area contributed by atoms with Gasteiger partial charge in [0.2, 0.25) is 0 Å². The van der Waals surface area contributed by atoms with Crippen molar-refractivity contribution in [2.45, 2.75) is 39.4 Å². The fraction of sp³-hybridized carbons (Fsp3) is 0.444. The minimum atomic E-state index is -0.944. The number of hydrogen-bond donors (Lipinski definition) is 2. The maximum absolute atomic E-state index is 12.5. The molecule has 2 N–H and O–H groups in total. The standard InChI is InChI=1S/C18H24N2O3S/c1-4-13(2)18(3,22)11-19-17(21)15-7-5-6-8-16(15)23-9-14-10-24-12-20-14/h5-8,10,12-13,22H,4,9,11H2,1-3H3,(H,19,21). The lowest BCUT2D eigenvalue weighted by Crippen LogP contribution is -2.45. The highest BCUT2D eigenvalue weighted by atomic mass is 32.1. The van der Waals surface area contributed by atoms with Crippen LogP contribution in [-0.4, -0.2) is 28.1 Å². The lowest BCUT2D eigenvalue weighted by molar-refractivity contribution is 0.00589. The Morgan fingerprint density at radius 3 is 2.88 bits per heavy atom. The number of hydrogen-bond acceptors (Lipinski definition) is 5. The second-order valence-electron chi connectivity index (χ2n) is 6.11. The van der Waals surface area contributed by atoms with Gasteiger partial charge < -0.3 is 15.2 Å². The van der Waals surface area contributed by atoms with E-state index in [-0.39, 0.29) is 18.4 Å². The first-order valence-corrected chi connectivity index (χ1v) is 8.97. The molecular formula is C18H24N2O3S. The van der Waals surface area contributed by atoms with Gasteiger partial charge in [-0.2, -0.15) is 0 Å². The van der Waals surface area contributed by atoms with Crippen LogP contribution in [0.25, 0.3) is 0 Å². The van der Waals surface area contributed by atoms with Gasteiger partial charge >= 0.3 is 0 Å². The first-order chi connectivity index (χ1) is 11.4. The Labute approximate surface area is 146 Å². The molecule has 2 aromatic rings. The highest BCUT2D eigenvalue weighted by molar-refractivity contribution is 7.07. The SMILES string of the molecule is CCC(C)C(C)(O)CNC(=O)c1ccccc1OCc1cscn1. The van der Waals surface area contributed by atoms with Crippen LogP contribution in [0.1, 0.15) is 43.2 Å². The summed E-state index contributed by atoms with van der Waals surface area (Å²) in [5, 5.41) is 15.1. The van der Waals surface area contributed by atoms with Gasteiger partial charge in [-0.1, -0.05) is 32.4 Å². The second kappa shape index (κ2) is 8.26. The van der Waals surface area contributed by atoms with Crippen LogP contribution in [0.15, 0.2) is 35.2 Å². The maximum Gasteiger partial charge on any atom is 0.255 e. The number of aromatic nitrogens is 1. The molecule has 0 aliphatic rings. The van der Waals surface area contributed by atoms with Crippen molar-refractivity contribution in [1.29, 1.82) is 0 Å². The monoisotopic (exact) mass is 348 g/mol. The van der Waals surface area contributed by atoms with Gasteiger partial charge in [0.15, 0.2) is 0 Å². The molecule has 0 radical (unpaired) electrons. The van der Waals surface area contributed by atoms with Gasteiger partial charge in [0.05, 0.1) is 22.4 Å². The summed E-state index contributed by atoms with van der Waals surface area (Å²) in [7, 11) is 0. The molecule has 5 nitrogen and oxygen atoms in total. The third kappa shape index (κ3) is 4.79. The van der Waals surface area contributed by atoms with Crippen LogP contribution >= 0.6 is 11.3 Å². The average molecular weight is 348 g/mol. The Hall–Kier alpha value is -1.92. The van der Waals surface area contributed by atoms with Gasteiger partial charge in [0.25, 0.3) is 5.91 Å². The topological polar surface area (TPSA) is 71.5 Å². The van der Waals surface area contributed by atoms with Crippen molar-refractivity contribution in [3.63, 3.8) is 0 Å². The van der Waals surface area contributed by atoms with Crippen LogP contribution in [-0.2, 0) is 6.61 Å². The Morgan fingerprint density at radius 1 is 1.46 bits per heavy atom. The molecule has 0 fully saturated rings. The van der Waals surface area contributed by atoms with Gasteiger partial charge in [0, 0.05) is 11.9 Å². The number of rotatable bonds is 8. The van der Waals surface area contributed by atoms with E-state index in [1.165, 1.54) is 11.3 Å². The summed E-state index contributed by atoms with van der Waals surface area (Å²) in [6.07, 6.45) is 0.843. The highest BCUT2D eigenvalue weighted by Crippen LogP contribution is 2.21. The van der Waals surface area contributed by atoms with E-state index < -0.39 is 5.60 Å². The number of nitrogens with zero attached hydrogens (tertiary/aromatic N) is 1. The number of aliphatic hydroxyl groups is 1.